The molecule has 0 bridgehead atoms. The van der Waals surface area contributed by atoms with Gasteiger partial charge in [0.25, 0.3) is 0 Å². The SMILES string of the molecule is CC1SCc2ncnc(N3CCN(C(=O)[C@@H](Cc4ccc(Cl)cc4)N(C(=O)O)C(C)(C)C)CC3)c21. The number of rotatable bonds is 5. The van der Waals surface area contributed by atoms with Gasteiger partial charge in [0.1, 0.15) is 18.2 Å². The van der Waals surface area contributed by atoms with E-state index < -0.39 is 17.7 Å². The van der Waals surface area contributed by atoms with Gasteiger partial charge in [-0.05, 0) is 45.4 Å². The van der Waals surface area contributed by atoms with Crippen LogP contribution >= 0.6 is 23.4 Å². The molecule has 0 spiro atoms. The first kappa shape index (κ1) is 25.6. The average Bonchev–Trinajstić information content (AvgIpc) is 3.19. The molecule has 35 heavy (non-hydrogen) atoms. The molecule has 1 fully saturated rings. The van der Waals surface area contributed by atoms with Gasteiger partial charge in [0.15, 0.2) is 0 Å². The summed E-state index contributed by atoms with van der Waals surface area (Å²) in [6.45, 7) is 9.92. The van der Waals surface area contributed by atoms with Crippen LogP contribution in [0.25, 0.3) is 0 Å². The van der Waals surface area contributed by atoms with Gasteiger partial charge in [-0.3, -0.25) is 9.69 Å². The number of carbonyl (C=O) groups excluding carboxylic acids is 1. The zero-order valence-electron chi connectivity index (χ0n) is 20.6. The van der Waals surface area contributed by atoms with Gasteiger partial charge in [0, 0.05) is 59.7 Å². The third-order valence-corrected chi connectivity index (χ3v) is 8.01. The molecule has 1 unspecified atom stereocenters. The zero-order chi connectivity index (χ0) is 25.3. The van der Waals surface area contributed by atoms with Gasteiger partial charge in [0.2, 0.25) is 5.91 Å². The van der Waals surface area contributed by atoms with Crippen LogP contribution in [0, 0.1) is 0 Å². The molecule has 1 N–H and O–H groups in total. The Balaban J connectivity index is 1.53. The van der Waals surface area contributed by atoms with E-state index in [0.29, 0.717) is 36.5 Å². The van der Waals surface area contributed by atoms with Gasteiger partial charge in [-0.25, -0.2) is 14.8 Å². The van der Waals surface area contributed by atoms with Gasteiger partial charge in [-0.2, -0.15) is 0 Å². The number of halogens is 1. The predicted molar refractivity (Wildman–Crippen MR) is 139 cm³/mol. The largest absolute Gasteiger partial charge is 0.465 e. The van der Waals surface area contributed by atoms with Crippen LogP contribution < -0.4 is 4.90 Å². The molecule has 4 rings (SSSR count). The van der Waals surface area contributed by atoms with Crippen molar-refractivity contribution in [3.05, 3.63) is 52.4 Å². The van der Waals surface area contributed by atoms with E-state index in [-0.39, 0.29) is 12.3 Å². The second-order valence-electron chi connectivity index (χ2n) is 9.99. The second kappa shape index (κ2) is 10.2. The fraction of sp³-hybridized carbons (Fsp3) is 0.520. The molecule has 0 radical (unpaired) electrons. The molecule has 188 valence electrons. The normalized spacial score (nSPS) is 18.8. The molecule has 1 saturated heterocycles. The highest BCUT2D eigenvalue weighted by Crippen LogP contribution is 2.44. The van der Waals surface area contributed by atoms with Crippen molar-refractivity contribution in [1.82, 2.24) is 19.8 Å². The van der Waals surface area contributed by atoms with Gasteiger partial charge in [-0.15, -0.1) is 11.8 Å². The van der Waals surface area contributed by atoms with Gasteiger partial charge >= 0.3 is 6.09 Å². The smallest absolute Gasteiger partial charge is 0.408 e. The number of anilines is 1. The number of hydrogen-bond donors (Lipinski definition) is 1. The Morgan fingerprint density at radius 2 is 1.83 bits per heavy atom. The Morgan fingerprint density at radius 3 is 2.43 bits per heavy atom. The first-order chi connectivity index (χ1) is 16.6. The summed E-state index contributed by atoms with van der Waals surface area (Å²) in [5.74, 6) is 1.68. The molecule has 1 aromatic carbocycles. The zero-order valence-corrected chi connectivity index (χ0v) is 22.1. The van der Waals surface area contributed by atoms with Gasteiger partial charge < -0.3 is 14.9 Å². The van der Waals surface area contributed by atoms with Gasteiger partial charge in [0.05, 0.1) is 5.69 Å². The molecule has 2 aromatic rings. The summed E-state index contributed by atoms with van der Waals surface area (Å²) in [7, 11) is 0. The predicted octanol–water partition coefficient (Wildman–Crippen LogP) is 4.48. The number of piperazine rings is 1. The highest BCUT2D eigenvalue weighted by Gasteiger charge is 2.40. The summed E-state index contributed by atoms with van der Waals surface area (Å²) in [5, 5.41) is 11.0. The van der Waals surface area contributed by atoms with Crippen molar-refractivity contribution in [3.63, 3.8) is 0 Å². The summed E-state index contributed by atoms with van der Waals surface area (Å²) >= 11 is 7.89. The molecule has 1 aromatic heterocycles. The third-order valence-electron chi connectivity index (χ3n) is 6.58. The fourth-order valence-corrected chi connectivity index (χ4v) is 6.03. The van der Waals surface area contributed by atoms with E-state index in [9.17, 15) is 14.7 Å². The lowest BCUT2D eigenvalue weighted by molar-refractivity contribution is -0.138. The van der Waals surface area contributed by atoms with Crippen LogP contribution in [0.4, 0.5) is 10.6 Å². The summed E-state index contributed by atoms with van der Waals surface area (Å²) < 4.78 is 0. The number of carboxylic acid groups (broad SMARTS) is 1. The van der Waals surface area contributed by atoms with Crippen molar-refractivity contribution < 1.29 is 14.7 Å². The number of benzene rings is 1. The molecule has 2 aliphatic rings. The maximum atomic E-state index is 13.8. The Labute approximate surface area is 215 Å². The third kappa shape index (κ3) is 5.51. The quantitative estimate of drug-likeness (QED) is 0.625. The molecular formula is C25H32ClN5O3S. The summed E-state index contributed by atoms with van der Waals surface area (Å²) in [6, 6.07) is 6.38. The van der Waals surface area contributed by atoms with E-state index in [1.165, 1.54) is 10.5 Å². The van der Waals surface area contributed by atoms with Gasteiger partial charge in [-0.1, -0.05) is 23.7 Å². The molecule has 2 aliphatic heterocycles. The average molecular weight is 518 g/mol. The highest BCUT2D eigenvalue weighted by atomic mass is 35.5. The van der Waals surface area contributed by atoms with E-state index in [4.69, 9.17) is 11.6 Å². The van der Waals surface area contributed by atoms with Crippen molar-refractivity contribution in [2.75, 3.05) is 31.1 Å². The van der Waals surface area contributed by atoms with E-state index in [0.717, 1.165) is 22.8 Å². The monoisotopic (exact) mass is 517 g/mol. The minimum absolute atomic E-state index is 0.172. The highest BCUT2D eigenvalue weighted by molar-refractivity contribution is 7.99. The van der Waals surface area contributed by atoms with Crippen LogP contribution in [0.15, 0.2) is 30.6 Å². The van der Waals surface area contributed by atoms with Crippen molar-refractivity contribution in [1.29, 1.82) is 0 Å². The van der Waals surface area contributed by atoms with E-state index in [1.807, 2.05) is 44.7 Å². The summed E-state index contributed by atoms with van der Waals surface area (Å²) in [4.78, 5) is 40.4. The Hall–Kier alpha value is -2.52. The number of hydrogen-bond acceptors (Lipinski definition) is 6. The van der Waals surface area contributed by atoms with E-state index in [1.54, 1.807) is 23.4 Å². The first-order valence-corrected chi connectivity index (χ1v) is 13.2. The molecule has 2 atom stereocenters. The first-order valence-electron chi connectivity index (χ1n) is 11.8. The number of thioether (sulfide) groups is 1. The molecule has 8 nitrogen and oxygen atoms in total. The summed E-state index contributed by atoms with van der Waals surface area (Å²) in [5.41, 5.74) is 2.42. The lowest BCUT2D eigenvalue weighted by atomic mass is 9.97. The molecular weight excluding hydrogens is 486 g/mol. The molecule has 10 heteroatoms. The van der Waals surface area contributed by atoms with Crippen LogP contribution in [0.2, 0.25) is 5.02 Å². The van der Waals surface area contributed by atoms with Crippen LogP contribution in [-0.2, 0) is 17.0 Å². The Morgan fingerprint density at radius 1 is 1.17 bits per heavy atom. The van der Waals surface area contributed by atoms with Crippen molar-refractivity contribution in [3.8, 4) is 0 Å². The number of nitrogens with zero attached hydrogens (tertiary/aromatic N) is 5. The Kier molecular flexibility index (Phi) is 7.47. The minimum Gasteiger partial charge on any atom is -0.465 e. The standard InChI is InChI=1S/C25H32ClN5O3S/c1-16-21-19(14-35-16)27-15-28-22(21)29-9-11-30(12-10-29)23(32)20(31(24(33)34)25(2,3)4)13-17-5-7-18(26)8-6-17/h5-8,15-16,20H,9-14H2,1-4H3,(H,33,34)/t16?,20-/m1/s1. The topological polar surface area (TPSA) is 89.9 Å². The number of amides is 2. The van der Waals surface area contributed by atoms with Crippen molar-refractivity contribution in [2.45, 2.75) is 56.7 Å². The van der Waals surface area contributed by atoms with Crippen molar-refractivity contribution >= 4 is 41.2 Å². The summed E-state index contributed by atoms with van der Waals surface area (Å²) in [6.07, 6.45) is 0.806. The number of carbonyl (C=O) groups is 2. The lowest BCUT2D eigenvalue weighted by Gasteiger charge is -2.43. The van der Waals surface area contributed by atoms with Crippen LogP contribution in [0.5, 0.6) is 0 Å². The second-order valence-corrected chi connectivity index (χ2v) is 11.8. The van der Waals surface area contributed by atoms with E-state index >= 15 is 0 Å². The van der Waals surface area contributed by atoms with Crippen LogP contribution in [0.3, 0.4) is 0 Å². The molecule has 0 aliphatic carbocycles. The molecule has 3 heterocycles. The van der Waals surface area contributed by atoms with Crippen molar-refractivity contribution in [2.24, 2.45) is 0 Å². The lowest BCUT2D eigenvalue weighted by Crippen LogP contribution is -2.60. The molecule has 2 amide bonds. The Bertz CT molecular complexity index is 1080. The number of aromatic nitrogens is 2. The fourth-order valence-electron chi connectivity index (χ4n) is 4.86. The molecule has 0 saturated carbocycles. The van der Waals surface area contributed by atoms with Crippen LogP contribution in [-0.4, -0.2) is 74.6 Å². The van der Waals surface area contributed by atoms with E-state index in [2.05, 4.69) is 21.8 Å². The minimum atomic E-state index is -1.11. The maximum absolute atomic E-state index is 13.8. The maximum Gasteiger partial charge on any atom is 0.408 e. The number of fused-ring (bicyclic) bond motifs is 1. The van der Waals surface area contributed by atoms with Crippen LogP contribution in [0.1, 0.15) is 49.8 Å².